The van der Waals surface area contributed by atoms with Gasteiger partial charge in [-0.2, -0.15) is 0 Å². The number of piperazine rings is 1. The second-order valence-corrected chi connectivity index (χ2v) is 8.58. The number of nitrogens with zero attached hydrogens (tertiary/aromatic N) is 3. The Bertz CT molecular complexity index is 1120. The number of fused-ring (bicyclic) bond motifs is 1. The van der Waals surface area contributed by atoms with Gasteiger partial charge >= 0.3 is 0 Å². The summed E-state index contributed by atoms with van der Waals surface area (Å²) in [5.41, 5.74) is 2.28. The molecule has 1 atom stereocenters. The zero-order chi connectivity index (χ0) is 23.2. The fourth-order valence-corrected chi connectivity index (χ4v) is 4.72. The first-order chi connectivity index (χ1) is 16.8. The first-order valence-corrected chi connectivity index (χ1v) is 11.9. The van der Waals surface area contributed by atoms with Crippen molar-refractivity contribution in [1.29, 1.82) is 0 Å². The third-order valence-electron chi connectivity index (χ3n) is 6.52. The van der Waals surface area contributed by atoms with Gasteiger partial charge in [-0.25, -0.2) is 0 Å². The Balaban J connectivity index is 1.18. The first kappa shape index (κ1) is 22.5. The van der Waals surface area contributed by atoms with E-state index in [9.17, 15) is 0 Å². The third-order valence-corrected chi connectivity index (χ3v) is 6.52. The van der Waals surface area contributed by atoms with Gasteiger partial charge in [0, 0.05) is 38.1 Å². The number of ether oxygens (including phenoxy) is 4. The lowest BCUT2D eigenvalue weighted by Crippen LogP contribution is -2.52. The van der Waals surface area contributed by atoms with Crippen molar-refractivity contribution in [3.63, 3.8) is 0 Å². The van der Waals surface area contributed by atoms with Gasteiger partial charge in [-0.15, -0.1) is 0 Å². The minimum Gasteiger partial charge on any atom is -0.495 e. The smallest absolute Gasteiger partial charge is 0.160 e. The summed E-state index contributed by atoms with van der Waals surface area (Å²) in [5, 5.41) is 0.973. The van der Waals surface area contributed by atoms with Crippen molar-refractivity contribution in [2.75, 3.05) is 46.4 Å². The summed E-state index contributed by atoms with van der Waals surface area (Å²) in [6, 6.07) is 8.05. The maximum absolute atomic E-state index is 6.17. The van der Waals surface area contributed by atoms with Crippen molar-refractivity contribution in [2.45, 2.75) is 18.9 Å². The molecule has 1 saturated heterocycles. The van der Waals surface area contributed by atoms with Crippen molar-refractivity contribution in [3.8, 4) is 11.5 Å². The molecule has 0 amide bonds. The van der Waals surface area contributed by atoms with Crippen LogP contribution in [0.15, 0.2) is 78.8 Å². The van der Waals surface area contributed by atoms with E-state index in [0.717, 1.165) is 73.7 Å². The summed E-state index contributed by atoms with van der Waals surface area (Å²) in [6.07, 6.45) is 15.4. The molecule has 1 fully saturated rings. The maximum atomic E-state index is 6.17. The predicted molar refractivity (Wildman–Crippen MR) is 131 cm³/mol. The van der Waals surface area contributed by atoms with Crippen LogP contribution in [0.5, 0.6) is 11.5 Å². The van der Waals surface area contributed by atoms with Crippen molar-refractivity contribution >= 4 is 10.9 Å². The Morgan fingerprint density at radius 3 is 2.82 bits per heavy atom. The van der Waals surface area contributed by atoms with Gasteiger partial charge in [0.1, 0.15) is 36.9 Å². The number of pyridine rings is 1. The van der Waals surface area contributed by atoms with Gasteiger partial charge in [0.25, 0.3) is 0 Å². The van der Waals surface area contributed by atoms with E-state index in [2.05, 4.69) is 33.0 Å². The molecule has 1 aromatic carbocycles. The van der Waals surface area contributed by atoms with E-state index >= 15 is 0 Å². The Hall–Kier alpha value is -3.29. The van der Waals surface area contributed by atoms with Crippen LogP contribution in [-0.2, 0) is 9.47 Å². The number of aromatic nitrogens is 1. The molecule has 0 N–H and O–H groups in total. The van der Waals surface area contributed by atoms with Crippen LogP contribution < -0.4 is 9.47 Å². The minimum absolute atomic E-state index is 0.117. The fraction of sp³-hybridized carbons (Fsp3) is 0.370. The lowest BCUT2D eigenvalue weighted by molar-refractivity contribution is 0.0850. The topological polar surface area (TPSA) is 56.3 Å². The van der Waals surface area contributed by atoms with Crippen molar-refractivity contribution < 1.29 is 18.9 Å². The van der Waals surface area contributed by atoms with Crippen LogP contribution >= 0.6 is 0 Å². The SMILES string of the molecule is COc1cnc2cccc(OCCN3CCN(C(C4=CC=CCC4)C4=COC=CO4)CC3)c2c1. The highest BCUT2D eigenvalue weighted by atomic mass is 16.5. The standard InChI is InChI=1S/C27H31N3O4/c1-31-22-18-23-24(28-19-22)8-5-9-25(23)33-15-14-29-10-12-30(13-11-29)27(21-6-3-2-4-7-21)26-20-32-16-17-34-26/h2-3,5-6,8-9,16-20,27H,4,7,10-15H2,1H3. The van der Waals surface area contributed by atoms with E-state index in [1.807, 2.05) is 24.3 Å². The minimum atomic E-state index is 0.117. The van der Waals surface area contributed by atoms with Crippen LogP contribution in [0, 0.1) is 0 Å². The summed E-state index contributed by atoms with van der Waals surface area (Å²) in [5.74, 6) is 2.44. The average Bonchev–Trinajstić information content (AvgIpc) is 2.91. The molecule has 1 aromatic heterocycles. The lowest BCUT2D eigenvalue weighted by Gasteiger charge is -2.40. The third kappa shape index (κ3) is 5.11. The van der Waals surface area contributed by atoms with Gasteiger partial charge in [-0.05, 0) is 36.6 Å². The summed E-state index contributed by atoms with van der Waals surface area (Å²) in [6.45, 7) is 5.40. The number of benzene rings is 1. The van der Waals surface area contributed by atoms with E-state index < -0.39 is 0 Å². The Morgan fingerprint density at radius 2 is 2.06 bits per heavy atom. The number of rotatable bonds is 8. The second-order valence-electron chi connectivity index (χ2n) is 8.58. The van der Waals surface area contributed by atoms with E-state index in [-0.39, 0.29) is 6.04 Å². The van der Waals surface area contributed by atoms with Crippen molar-refractivity contribution in [2.24, 2.45) is 0 Å². The van der Waals surface area contributed by atoms with Gasteiger partial charge in [-0.1, -0.05) is 24.3 Å². The number of hydrogen-bond acceptors (Lipinski definition) is 7. The van der Waals surface area contributed by atoms with Crippen LogP contribution in [0.25, 0.3) is 10.9 Å². The van der Waals surface area contributed by atoms with Crippen molar-refractivity contribution in [1.82, 2.24) is 14.8 Å². The summed E-state index contributed by atoms with van der Waals surface area (Å²) in [4.78, 5) is 9.41. The highest BCUT2D eigenvalue weighted by Gasteiger charge is 2.31. The average molecular weight is 462 g/mol. The Kier molecular flexibility index (Phi) is 7.12. The van der Waals surface area contributed by atoms with Crippen LogP contribution in [0.4, 0.5) is 0 Å². The normalized spacial score (nSPS) is 19.7. The number of hydrogen-bond donors (Lipinski definition) is 0. The van der Waals surface area contributed by atoms with Gasteiger partial charge in [0.05, 0.1) is 24.9 Å². The molecule has 1 unspecified atom stereocenters. The van der Waals surface area contributed by atoms with E-state index in [1.165, 1.54) is 5.57 Å². The van der Waals surface area contributed by atoms with Crippen molar-refractivity contribution in [3.05, 3.63) is 78.8 Å². The molecule has 0 saturated carbocycles. The van der Waals surface area contributed by atoms with Crippen LogP contribution in [-0.4, -0.2) is 67.3 Å². The summed E-state index contributed by atoms with van der Waals surface area (Å²) < 4.78 is 22.8. The maximum Gasteiger partial charge on any atom is 0.160 e. The molecule has 5 rings (SSSR count). The predicted octanol–water partition coefficient (Wildman–Crippen LogP) is 4.24. The lowest BCUT2D eigenvalue weighted by atomic mass is 9.94. The highest BCUT2D eigenvalue weighted by Crippen LogP contribution is 2.29. The van der Waals surface area contributed by atoms with Crippen LogP contribution in [0.2, 0.25) is 0 Å². The molecule has 178 valence electrons. The zero-order valence-electron chi connectivity index (χ0n) is 19.6. The molecule has 0 bridgehead atoms. The largest absolute Gasteiger partial charge is 0.495 e. The van der Waals surface area contributed by atoms with Crippen LogP contribution in [0.3, 0.4) is 0 Å². The molecule has 2 aliphatic heterocycles. The van der Waals surface area contributed by atoms with Gasteiger partial charge in [-0.3, -0.25) is 14.8 Å². The van der Waals surface area contributed by atoms with E-state index in [0.29, 0.717) is 6.61 Å². The molecular formula is C27H31N3O4. The number of methoxy groups -OCH3 is 1. The Morgan fingerprint density at radius 1 is 1.15 bits per heavy atom. The number of allylic oxidation sites excluding steroid dienone is 3. The quantitative estimate of drug-likeness (QED) is 0.583. The molecule has 34 heavy (non-hydrogen) atoms. The van der Waals surface area contributed by atoms with E-state index in [1.54, 1.807) is 32.1 Å². The molecule has 0 radical (unpaired) electrons. The molecule has 7 heteroatoms. The zero-order valence-corrected chi connectivity index (χ0v) is 19.6. The molecule has 0 spiro atoms. The Labute approximate surface area is 200 Å². The first-order valence-electron chi connectivity index (χ1n) is 11.9. The summed E-state index contributed by atoms with van der Waals surface area (Å²) in [7, 11) is 1.65. The molecular weight excluding hydrogens is 430 g/mol. The molecule has 3 aliphatic rings. The fourth-order valence-electron chi connectivity index (χ4n) is 4.72. The molecule has 1 aliphatic carbocycles. The van der Waals surface area contributed by atoms with Gasteiger partial charge < -0.3 is 18.9 Å². The molecule has 3 heterocycles. The van der Waals surface area contributed by atoms with Gasteiger partial charge in [0.2, 0.25) is 0 Å². The highest BCUT2D eigenvalue weighted by molar-refractivity contribution is 5.86. The van der Waals surface area contributed by atoms with Crippen LogP contribution in [0.1, 0.15) is 12.8 Å². The second kappa shape index (κ2) is 10.8. The summed E-state index contributed by atoms with van der Waals surface area (Å²) >= 11 is 0. The van der Waals surface area contributed by atoms with Gasteiger partial charge in [0.15, 0.2) is 5.76 Å². The molecule has 7 nitrogen and oxygen atoms in total. The van der Waals surface area contributed by atoms with E-state index in [4.69, 9.17) is 18.9 Å². The monoisotopic (exact) mass is 461 g/mol. The molecule has 2 aromatic rings.